The van der Waals surface area contributed by atoms with E-state index in [0.717, 1.165) is 10.9 Å². The van der Waals surface area contributed by atoms with E-state index >= 15 is 4.39 Å². The van der Waals surface area contributed by atoms with Gasteiger partial charge in [0.15, 0.2) is 11.5 Å². The molecule has 0 unspecified atom stereocenters. The van der Waals surface area contributed by atoms with Crippen LogP contribution in [0.5, 0.6) is 0 Å². The summed E-state index contributed by atoms with van der Waals surface area (Å²) in [6, 6.07) is 7.61. The summed E-state index contributed by atoms with van der Waals surface area (Å²) in [7, 11) is 3.84. The smallest absolute Gasteiger partial charge is 0.347 e. The van der Waals surface area contributed by atoms with Crippen LogP contribution in [0.2, 0.25) is 5.02 Å². The van der Waals surface area contributed by atoms with E-state index < -0.39 is 23.2 Å². The number of aromatic nitrogens is 4. The number of carbonyl (C=O) groups is 1. The molecule has 1 amide bonds. The molecular weight excluding hydrogens is 631 g/mol. The number of carbonyl (C=O) groups excluding carboxylic acids is 1. The fraction of sp³-hybridized carbons (Fsp3) is 0.343. The Labute approximate surface area is 286 Å². The first-order valence-corrected chi connectivity index (χ1v) is 16.5. The fourth-order valence-electron chi connectivity index (χ4n) is 6.60. The van der Waals surface area contributed by atoms with Crippen LogP contribution in [0.15, 0.2) is 59.1 Å². The molecule has 0 aliphatic carbocycles. The molecule has 0 radical (unpaired) electrons. The molecule has 1 aliphatic rings. The monoisotopic (exact) mass is 670 g/mol. The average Bonchev–Trinajstić information content (AvgIpc) is 3.00. The molecule has 1 aromatic carbocycles. The molecular formula is C35H39B2ClF2N6O2. The van der Waals surface area contributed by atoms with Gasteiger partial charge in [-0.15, -0.1) is 5.37 Å². The number of hydrogen-bond acceptors (Lipinski definition) is 6. The van der Waals surface area contributed by atoms with E-state index in [-0.39, 0.29) is 58.9 Å². The van der Waals surface area contributed by atoms with Crippen LogP contribution in [-0.2, 0) is 4.79 Å². The lowest BCUT2D eigenvalue weighted by molar-refractivity contribution is -0.129. The zero-order valence-corrected chi connectivity index (χ0v) is 29.4. The number of fused-ring (bicyclic) bond motifs is 1. The van der Waals surface area contributed by atoms with Crippen LogP contribution in [-0.4, -0.2) is 71.2 Å². The van der Waals surface area contributed by atoms with Crippen molar-refractivity contribution in [1.29, 1.82) is 0 Å². The topological polar surface area (TPSA) is 84.2 Å². The van der Waals surface area contributed by atoms with Gasteiger partial charge in [-0.05, 0) is 55.0 Å². The molecule has 0 N–H and O–H groups in total. The second kappa shape index (κ2) is 13.7. The minimum atomic E-state index is -1.03. The molecule has 2 atom stereocenters. The molecule has 248 valence electrons. The SMILES string of the molecule is BC(B)=Cc1cccc(F)c1-c1nc2c(cc1Cl)c(N1[C@@H](C)CN(C(=O)C(=C)F)C[C@@H]1C)nc(=O)n2-c1c(C(C)C)ccnc1C(C)C. The second-order valence-electron chi connectivity index (χ2n) is 13.3. The number of benzene rings is 1. The molecule has 1 fully saturated rings. The van der Waals surface area contributed by atoms with Crippen molar-refractivity contribution in [2.45, 2.75) is 65.5 Å². The highest BCUT2D eigenvalue weighted by molar-refractivity contribution is 6.50. The minimum Gasteiger partial charge on any atom is -0.347 e. The minimum absolute atomic E-state index is 0.0145. The van der Waals surface area contributed by atoms with Crippen molar-refractivity contribution in [3.05, 3.63) is 92.5 Å². The first-order valence-electron chi connectivity index (χ1n) is 16.1. The lowest BCUT2D eigenvalue weighted by Crippen LogP contribution is -2.59. The lowest BCUT2D eigenvalue weighted by atomic mass is 9.77. The number of piperazine rings is 1. The predicted molar refractivity (Wildman–Crippen MR) is 195 cm³/mol. The summed E-state index contributed by atoms with van der Waals surface area (Å²) >= 11 is 7.00. The Kier molecular flexibility index (Phi) is 9.97. The zero-order chi connectivity index (χ0) is 35.2. The highest BCUT2D eigenvalue weighted by Gasteiger charge is 2.36. The molecule has 1 aliphatic heterocycles. The Morgan fingerprint density at radius 1 is 1.08 bits per heavy atom. The number of pyridine rings is 2. The van der Waals surface area contributed by atoms with E-state index in [1.807, 2.05) is 74.3 Å². The van der Waals surface area contributed by atoms with Gasteiger partial charge < -0.3 is 9.80 Å². The quantitative estimate of drug-likeness (QED) is 0.195. The Morgan fingerprint density at radius 2 is 1.75 bits per heavy atom. The van der Waals surface area contributed by atoms with E-state index in [0.29, 0.717) is 28.1 Å². The largest absolute Gasteiger partial charge is 0.355 e. The summed E-state index contributed by atoms with van der Waals surface area (Å²) < 4.78 is 31.1. The Hall–Kier alpha value is -4.31. The highest BCUT2D eigenvalue weighted by Crippen LogP contribution is 2.39. The van der Waals surface area contributed by atoms with Crippen LogP contribution in [0.3, 0.4) is 0 Å². The van der Waals surface area contributed by atoms with Crippen molar-refractivity contribution in [2.24, 2.45) is 0 Å². The predicted octanol–water partition coefficient (Wildman–Crippen LogP) is 5.36. The molecule has 4 heterocycles. The van der Waals surface area contributed by atoms with Crippen LogP contribution < -0.4 is 10.6 Å². The van der Waals surface area contributed by atoms with Gasteiger partial charge in [-0.25, -0.2) is 23.1 Å². The van der Waals surface area contributed by atoms with Gasteiger partial charge in [-0.1, -0.05) is 64.1 Å². The normalized spacial score (nSPS) is 16.6. The third kappa shape index (κ3) is 6.42. The van der Waals surface area contributed by atoms with Crippen molar-refractivity contribution in [3.63, 3.8) is 0 Å². The van der Waals surface area contributed by atoms with Crippen LogP contribution in [0.25, 0.3) is 34.1 Å². The standard InChI is InChI=1S/C35H39B2ClF2N6O2/c1-17(2)23-11-12-41-29(18(3)4)31(23)46-32-24(14-25(38)30(42-32)28-22(13-27(36)37)9-8-10-26(28)40)33(43-35(46)48)45-19(5)15-44(16-20(45)6)34(47)21(7)39/h8-14,17-20H,7,15-16,36-37H2,1-6H3/t19-,20-/m0/s1. The summed E-state index contributed by atoms with van der Waals surface area (Å²) in [6.07, 6.45) is 3.59. The van der Waals surface area contributed by atoms with E-state index in [4.69, 9.17) is 16.6 Å². The van der Waals surface area contributed by atoms with Gasteiger partial charge in [0.05, 0.1) is 27.5 Å². The maximum Gasteiger partial charge on any atom is 0.355 e. The Bertz CT molecular complexity index is 1990. The molecule has 8 nitrogen and oxygen atoms in total. The Balaban J connectivity index is 1.89. The molecule has 3 aromatic heterocycles. The summed E-state index contributed by atoms with van der Waals surface area (Å²) in [5.41, 5.74) is 2.77. The molecule has 4 aromatic rings. The van der Waals surface area contributed by atoms with Crippen LogP contribution in [0.4, 0.5) is 14.6 Å². The zero-order valence-electron chi connectivity index (χ0n) is 28.6. The van der Waals surface area contributed by atoms with Gasteiger partial charge in [0.2, 0.25) is 0 Å². The lowest BCUT2D eigenvalue weighted by Gasteiger charge is -2.45. The van der Waals surface area contributed by atoms with E-state index in [9.17, 15) is 14.0 Å². The van der Waals surface area contributed by atoms with Crippen LogP contribution in [0, 0.1) is 5.82 Å². The van der Waals surface area contributed by atoms with Crippen molar-refractivity contribution in [2.75, 3.05) is 18.0 Å². The number of rotatable bonds is 7. The van der Waals surface area contributed by atoms with Gasteiger partial charge in [-0.3, -0.25) is 9.78 Å². The molecule has 48 heavy (non-hydrogen) atoms. The van der Waals surface area contributed by atoms with Gasteiger partial charge in [0, 0.05) is 36.9 Å². The first kappa shape index (κ1) is 35.0. The summed E-state index contributed by atoms with van der Waals surface area (Å²) in [4.78, 5) is 44.7. The third-order valence-corrected chi connectivity index (χ3v) is 8.88. The highest BCUT2D eigenvalue weighted by atomic mass is 35.5. The van der Waals surface area contributed by atoms with Gasteiger partial charge in [-0.2, -0.15) is 4.98 Å². The molecule has 13 heteroatoms. The van der Waals surface area contributed by atoms with Gasteiger partial charge >= 0.3 is 5.69 Å². The summed E-state index contributed by atoms with van der Waals surface area (Å²) in [5.74, 6) is -2.04. The van der Waals surface area contributed by atoms with Gasteiger partial charge in [0.25, 0.3) is 5.91 Å². The van der Waals surface area contributed by atoms with E-state index in [1.54, 1.807) is 24.4 Å². The summed E-state index contributed by atoms with van der Waals surface area (Å²) in [6.45, 7) is 15.4. The Morgan fingerprint density at radius 3 is 2.33 bits per heavy atom. The number of amides is 1. The molecule has 1 saturated heterocycles. The number of halogens is 3. The molecule has 5 rings (SSSR count). The molecule has 0 saturated carbocycles. The fourth-order valence-corrected chi connectivity index (χ4v) is 6.84. The number of anilines is 1. The number of nitrogens with zero attached hydrogens (tertiary/aromatic N) is 6. The maximum atomic E-state index is 15.7. The maximum absolute atomic E-state index is 15.7. The summed E-state index contributed by atoms with van der Waals surface area (Å²) in [5, 5.41) is 1.59. The van der Waals surface area contributed by atoms with Crippen LogP contribution >= 0.6 is 11.6 Å². The van der Waals surface area contributed by atoms with Gasteiger partial charge in [0.1, 0.15) is 27.3 Å². The van der Waals surface area contributed by atoms with Crippen LogP contribution in [0.1, 0.15) is 70.2 Å². The number of hydrogen-bond donors (Lipinski definition) is 0. The second-order valence-corrected chi connectivity index (χ2v) is 13.7. The van der Waals surface area contributed by atoms with Crippen molar-refractivity contribution < 1.29 is 13.6 Å². The molecule has 0 spiro atoms. The first-order chi connectivity index (χ1) is 22.6. The third-order valence-electron chi connectivity index (χ3n) is 8.59. The van der Waals surface area contributed by atoms with Crippen molar-refractivity contribution in [3.8, 4) is 16.9 Å². The van der Waals surface area contributed by atoms with Crippen molar-refractivity contribution in [1.82, 2.24) is 24.4 Å². The average molecular weight is 671 g/mol. The van der Waals surface area contributed by atoms with Crippen molar-refractivity contribution >= 4 is 56.1 Å². The van der Waals surface area contributed by atoms with E-state index in [2.05, 4.69) is 16.5 Å². The van der Waals surface area contributed by atoms with E-state index in [1.165, 1.54) is 15.5 Å². The molecule has 0 bridgehead atoms.